The largest absolute Gasteiger partial charge is 0.393 e. The summed E-state index contributed by atoms with van der Waals surface area (Å²) in [4.78, 5) is 0. The molecule has 1 heterocycles. The van der Waals surface area contributed by atoms with E-state index < -0.39 is 18.1 Å². The van der Waals surface area contributed by atoms with Crippen molar-refractivity contribution >= 4 is 10.9 Å². The van der Waals surface area contributed by atoms with Gasteiger partial charge in [-0.3, -0.25) is 0 Å². The summed E-state index contributed by atoms with van der Waals surface area (Å²) in [5.41, 5.74) is 3.16. The number of hydrogen-bond acceptors (Lipinski definition) is 0. The molecule has 4 heteroatoms. The Morgan fingerprint density at radius 2 is 1.81 bits per heavy atom. The number of aromatic nitrogens is 1. The van der Waals surface area contributed by atoms with Gasteiger partial charge in [0.1, 0.15) is 0 Å². The van der Waals surface area contributed by atoms with Crippen LogP contribution >= 0.6 is 0 Å². The maximum absolute atomic E-state index is 13.3. The Morgan fingerprint density at radius 1 is 1.10 bits per heavy atom. The summed E-state index contributed by atoms with van der Waals surface area (Å²) in [5.74, 6) is -1.22. The van der Waals surface area contributed by atoms with Crippen LogP contribution in [0, 0.1) is 19.8 Å². The molecular formula is C17H20F3N. The van der Waals surface area contributed by atoms with E-state index in [9.17, 15) is 13.2 Å². The zero-order chi connectivity index (χ0) is 15.2. The number of benzene rings is 1. The Labute approximate surface area is 122 Å². The van der Waals surface area contributed by atoms with Crippen LogP contribution in [0.4, 0.5) is 13.2 Å². The SMILES string of the molecule is Cc1cc(C)c2ccn(C3CCCCC3C(F)(F)F)c2c1. The van der Waals surface area contributed by atoms with Crippen LogP contribution in [-0.4, -0.2) is 10.7 Å². The molecule has 0 saturated heterocycles. The van der Waals surface area contributed by atoms with Crippen molar-refractivity contribution < 1.29 is 13.2 Å². The first-order valence-corrected chi connectivity index (χ1v) is 7.52. The molecule has 0 amide bonds. The molecule has 0 spiro atoms. The van der Waals surface area contributed by atoms with Gasteiger partial charge >= 0.3 is 6.18 Å². The van der Waals surface area contributed by atoms with E-state index in [1.807, 2.05) is 36.7 Å². The highest BCUT2D eigenvalue weighted by Gasteiger charge is 2.46. The number of aryl methyl sites for hydroxylation is 2. The average Bonchev–Trinajstić information content (AvgIpc) is 2.81. The summed E-state index contributed by atoms with van der Waals surface area (Å²) < 4.78 is 41.9. The number of fused-ring (bicyclic) bond motifs is 1. The maximum Gasteiger partial charge on any atom is 0.393 e. The lowest BCUT2D eigenvalue weighted by Crippen LogP contribution is -2.34. The summed E-state index contributed by atoms with van der Waals surface area (Å²) in [7, 11) is 0. The average molecular weight is 295 g/mol. The van der Waals surface area contributed by atoms with Crippen molar-refractivity contribution in [3.8, 4) is 0 Å². The first kappa shape index (κ1) is 14.5. The van der Waals surface area contributed by atoms with Gasteiger partial charge in [0, 0.05) is 23.1 Å². The summed E-state index contributed by atoms with van der Waals surface area (Å²) in [6.07, 6.45) is 0.144. The van der Waals surface area contributed by atoms with Crippen LogP contribution in [0.3, 0.4) is 0 Å². The van der Waals surface area contributed by atoms with Gasteiger partial charge in [-0.15, -0.1) is 0 Å². The highest BCUT2D eigenvalue weighted by atomic mass is 19.4. The summed E-state index contributed by atoms with van der Waals surface area (Å²) in [6.45, 7) is 4.01. The van der Waals surface area contributed by atoms with Gasteiger partial charge in [0.15, 0.2) is 0 Å². The summed E-state index contributed by atoms with van der Waals surface area (Å²) >= 11 is 0. The van der Waals surface area contributed by atoms with Gasteiger partial charge in [-0.2, -0.15) is 13.2 Å². The first-order valence-electron chi connectivity index (χ1n) is 7.52. The van der Waals surface area contributed by atoms with Crippen LogP contribution in [0.15, 0.2) is 24.4 Å². The van der Waals surface area contributed by atoms with Gasteiger partial charge in [-0.1, -0.05) is 18.9 Å². The lowest BCUT2D eigenvalue weighted by molar-refractivity contribution is -0.193. The number of alkyl halides is 3. The van der Waals surface area contributed by atoms with E-state index in [2.05, 4.69) is 6.07 Å². The number of nitrogens with zero attached hydrogens (tertiary/aromatic N) is 1. The number of hydrogen-bond donors (Lipinski definition) is 0. The van der Waals surface area contributed by atoms with Crippen LogP contribution in [0.5, 0.6) is 0 Å². The van der Waals surface area contributed by atoms with Crippen LogP contribution < -0.4 is 0 Å². The van der Waals surface area contributed by atoms with Crippen LogP contribution in [0.25, 0.3) is 10.9 Å². The molecule has 21 heavy (non-hydrogen) atoms. The fourth-order valence-electron chi connectivity index (χ4n) is 3.74. The molecule has 1 aliphatic carbocycles. The fourth-order valence-corrected chi connectivity index (χ4v) is 3.74. The Bertz CT molecular complexity index is 654. The Morgan fingerprint density at radius 3 is 2.52 bits per heavy atom. The van der Waals surface area contributed by atoms with E-state index in [1.165, 1.54) is 0 Å². The second-order valence-electron chi connectivity index (χ2n) is 6.24. The van der Waals surface area contributed by atoms with Gasteiger partial charge in [-0.05, 0) is 49.9 Å². The standard InChI is InChI=1S/C17H20F3N/c1-11-9-12(2)13-7-8-21(16(13)10-11)15-6-4-3-5-14(15)17(18,19)20/h7-10,14-15H,3-6H2,1-2H3. The van der Waals surface area contributed by atoms with E-state index in [0.29, 0.717) is 12.8 Å². The second-order valence-corrected chi connectivity index (χ2v) is 6.24. The van der Waals surface area contributed by atoms with E-state index in [0.717, 1.165) is 28.5 Å². The van der Waals surface area contributed by atoms with Crippen molar-refractivity contribution in [2.45, 2.75) is 51.7 Å². The van der Waals surface area contributed by atoms with Crippen molar-refractivity contribution in [3.63, 3.8) is 0 Å². The zero-order valence-corrected chi connectivity index (χ0v) is 12.4. The minimum Gasteiger partial charge on any atom is -0.344 e. The molecule has 1 aromatic carbocycles. The minimum absolute atomic E-state index is 0.249. The van der Waals surface area contributed by atoms with Crippen molar-refractivity contribution in [3.05, 3.63) is 35.5 Å². The normalized spacial score (nSPS) is 23.7. The van der Waals surface area contributed by atoms with E-state index in [-0.39, 0.29) is 6.42 Å². The van der Waals surface area contributed by atoms with Crippen molar-refractivity contribution in [2.24, 2.45) is 5.92 Å². The van der Waals surface area contributed by atoms with Crippen molar-refractivity contribution in [1.82, 2.24) is 4.57 Å². The highest BCUT2D eigenvalue weighted by molar-refractivity contribution is 5.84. The van der Waals surface area contributed by atoms with Gasteiger partial charge in [0.05, 0.1) is 5.92 Å². The molecule has 0 radical (unpaired) electrons. The molecular weight excluding hydrogens is 275 g/mol. The zero-order valence-electron chi connectivity index (χ0n) is 12.4. The highest BCUT2D eigenvalue weighted by Crippen LogP contribution is 2.45. The van der Waals surface area contributed by atoms with Crippen molar-refractivity contribution in [1.29, 1.82) is 0 Å². The van der Waals surface area contributed by atoms with Crippen LogP contribution in [-0.2, 0) is 0 Å². The molecule has 1 aromatic heterocycles. The quantitative estimate of drug-likeness (QED) is 0.650. The lowest BCUT2D eigenvalue weighted by atomic mass is 9.83. The predicted octanol–water partition coefficient (Wildman–Crippen LogP) is 5.55. The molecule has 114 valence electrons. The molecule has 1 aliphatic rings. The van der Waals surface area contributed by atoms with E-state index in [1.54, 1.807) is 0 Å². The maximum atomic E-state index is 13.3. The lowest BCUT2D eigenvalue weighted by Gasteiger charge is -2.34. The molecule has 1 nitrogen and oxygen atoms in total. The monoisotopic (exact) mass is 295 g/mol. The van der Waals surface area contributed by atoms with Gasteiger partial charge in [0.2, 0.25) is 0 Å². The fraction of sp³-hybridized carbons (Fsp3) is 0.529. The summed E-state index contributed by atoms with van der Waals surface area (Å²) in [5, 5.41) is 1.06. The molecule has 2 unspecified atom stereocenters. The van der Waals surface area contributed by atoms with Crippen LogP contribution in [0.2, 0.25) is 0 Å². The molecule has 0 aliphatic heterocycles. The number of halogens is 3. The third-order valence-electron chi connectivity index (χ3n) is 4.70. The molecule has 3 rings (SSSR count). The van der Waals surface area contributed by atoms with Crippen LogP contribution in [0.1, 0.15) is 42.9 Å². The molecule has 0 N–H and O–H groups in total. The van der Waals surface area contributed by atoms with Gasteiger partial charge in [-0.25, -0.2) is 0 Å². The Balaban J connectivity index is 2.10. The summed E-state index contributed by atoms with van der Waals surface area (Å²) in [6, 6.07) is 5.57. The van der Waals surface area contributed by atoms with E-state index in [4.69, 9.17) is 0 Å². The molecule has 2 atom stereocenters. The Hall–Kier alpha value is -1.45. The predicted molar refractivity (Wildman–Crippen MR) is 78.5 cm³/mol. The topological polar surface area (TPSA) is 4.93 Å². The molecule has 1 fully saturated rings. The smallest absolute Gasteiger partial charge is 0.344 e. The van der Waals surface area contributed by atoms with Gasteiger partial charge in [0.25, 0.3) is 0 Å². The van der Waals surface area contributed by atoms with E-state index >= 15 is 0 Å². The van der Waals surface area contributed by atoms with Crippen molar-refractivity contribution in [2.75, 3.05) is 0 Å². The molecule has 2 aromatic rings. The third-order valence-corrected chi connectivity index (χ3v) is 4.70. The second kappa shape index (κ2) is 5.08. The third kappa shape index (κ3) is 2.56. The van der Waals surface area contributed by atoms with Gasteiger partial charge < -0.3 is 4.57 Å². The molecule has 0 bridgehead atoms. The minimum atomic E-state index is -4.11. The molecule has 1 saturated carbocycles. The first-order chi connectivity index (χ1) is 9.88. The Kier molecular flexibility index (Phi) is 3.50. The number of rotatable bonds is 1.